The number of hydrogen-bond acceptors (Lipinski definition) is 6. The number of hydrogen-bond donors (Lipinski definition) is 0. The number of nitrogens with zero attached hydrogens (tertiary/aromatic N) is 3. The zero-order valence-electron chi connectivity index (χ0n) is 18.6. The van der Waals surface area contributed by atoms with Gasteiger partial charge in [-0.25, -0.2) is 0 Å². The molecule has 164 valence electrons. The molecule has 2 aromatic rings. The van der Waals surface area contributed by atoms with Crippen molar-refractivity contribution in [3.05, 3.63) is 70.7 Å². The molecule has 0 bridgehead atoms. The first-order chi connectivity index (χ1) is 15.0. The zero-order valence-corrected chi connectivity index (χ0v) is 18.6. The minimum absolute atomic E-state index is 0.195. The van der Waals surface area contributed by atoms with Crippen molar-refractivity contribution in [3.8, 4) is 0 Å². The van der Waals surface area contributed by atoms with Gasteiger partial charge in [0.1, 0.15) is 5.70 Å². The van der Waals surface area contributed by atoms with Gasteiger partial charge in [-0.1, -0.05) is 23.8 Å². The minimum Gasteiger partial charge on any atom is -0.383 e. The minimum atomic E-state index is -0.302. The van der Waals surface area contributed by atoms with Crippen LogP contribution in [0.3, 0.4) is 0 Å². The number of methoxy groups -OCH3 is 2. The van der Waals surface area contributed by atoms with Gasteiger partial charge in [-0.15, -0.1) is 0 Å². The Morgan fingerprint density at radius 1 is 0.935 bits per heavy atom. The number of imide groups is 1. The van der Waals surface area contributed by atoms with Crippen molar-refractivity contribution in [2.75, 3.05) is 40.5 Å². The summed E-state index contributed by atoms with van der Waals surface area (Å²) in [5.41, 5.74) is 4.51. The average molecular weight is 424 g/mol. The molecule has 0 spiro atoms. The van der Waals surface area contributed by atoms with E-state index < -0.39 is 0 Å². The van der Waals surface area contributed by atoms with E-state index in [-0.39, 0.29) is 18.4 Å². The van der Waals surface area contributed by atoms with Crippen LogP contribution < -0.4 is 0 Å². The molecule has 1 aromatic heterocycles. The monoisotopic (exact) mass is 423 g/mol. The summed E-state index contributed by atoms with van der Waals surface area (Å²) in [4.78, 5) is 34.3. The quantitative estimate of drug-likeness (QED) is 0.547. The molecule has 0 N–H and O–H groups in total. The Hall–Kier alpha value is -3.03. The van der Waals surface area contributed by atoms with Crippen molar-refractivity contribution in [2.45, 2.75) is 20.4 Å². The van der Waals surface area contributed by atoms with E-state index in [1.807, 2.05) is 49.1 Å². The Balaban J connectivity index is 2.08. The van der Waals surface area contributed by atoms with E-state index in [0.717, 1.165) is 22.3 Å². The first kappa shape index (κ1) is 22.7. The third-order valence-corrected chi connectivity index (χ3v) is 5.33. The van der Waals surface area contributed by atoms with Gasteiger partial charge in [0.15, 0.2) is 0 Å². The predicted octanol–water partition coefficient (Wildman–Crippen LogP) is 2.57. The van der Waals surface area contributed by atoms with Crippen LogP contribution in [0.25, 0.3) is 5.57 Å². The number of carbonyl (C=O) groups excluding carboxylic acids is 2. The lowest BCUT2D eigenvalue weighted by Crippen LogP contribution is -2.37. The second kappa shape index (κ2) is 10.3. The second-order valence-corrected chi connectivity index (χ2v) is 7.57. The highest BCUT2D eigenvalue weighted by molar-refractivity contribution is 6.35. The van der Waals surface area contributed by atoms with Gasteiger partial charge in [0.25, 0.3) is 11.8 Å². The van der Waals surface area contributed by atoms with Gasteiger partial charge >= 0.3 is 0 Å². The Labute approximate surface area is 183 Å². The SMILES string of the molecule is COCCN(CCOC)C1=C(c2ccc(C)cc2C)C(=O)N(Cc2ccncc2)C1=O. The Kier molecular flexibility index (Phi) is 7.55. The van der Waals surface area contributed by atoms with E-state index in [1.165, 1.54) is 4.90 Å². The summed E-state index contributed by atoms with van der Waals surface area (Å²) in [7, 11) is 3.23. The summed E-state index contributed by atoms with van der Waals surface area (Å²) in [6.45, 7) is 5.98. The van der Waals surface area contributed by atoms with E-state index in [2.05, 4.69) is 4.98 Å². The van der Waals surface area contributed by atoms with Gasteiger partial charge in [0.2, 0.25) is 0 Å². The second-order valence-electron chi connectivity index (χ2n) is 7.57. The largest absolute Gasteiger partial charge is 0.383 e. The molecule has 0 aliphatic carbocycles. The molecule has 7 nitrogen and oxygen atoms in total. The first-order valence-corrected chi connectivity index (χ1v) is 10.3. The van der Waals surface area contributed by atoms with Gasteiger partial charge in [0, 0.05) is 39.7 Å². The molecule has 1 aromatic carbocycles. The highest BCUT2D eigenvalue weighted by atomic mass is 16.5. The highest BCUT2D eigenvalue weighted by Crippen LogP contribution is 2.34. The Bertz CT molecular complexity index is 964. The number of pyridine rings is 1. The van der Waals surface area contributed by atoms with E-state index >= 15 is 0 Å². The highest BCUT2D eigenvalue weighted by Gasteiger charge is 2.41. The van der Waals surface area contributed by atoms with Gasteiger partial charge < -0.3 is 14.4 Å². The molecular weight excluding hydrogens is 394 g/mol. The van der Waals surface area contributed by atoms with Crippen molar-refractivity contribution in [3.63, 3.8) is 0 Å². The topological polar surface area (TPSA) is 72.0 Å². The number of benzene rings is 1. The van der Waals surface area contributed by atoms with Crippen LogP contribution in [0.15, 0.2) is 48.4 Å². The fraction of sp³-hybridized carbons (Fsp3) is 0.375. The molecule has 7 heteroatoms. The summed E-state index contributed by atoms with van der Waals surface area (Å²) in [5, 5.41) is 0. The maximum Gasteiger partial charge on any atom is 0.278 e. The van der Waals surface area contributed by atoms with E-state index in [4.69, 9.17) is 9.47 Å². The Morgan fingerprint density at radius 2 is 1.58 bits per heavy atom. The van der Waals surface area contributed by atoms with Crippen LogP contribution in [0.4, 0.5) is 0 Å². The molecule has 1 aliphatic rings. The maximum atomic E-state index is 13.6. The lowest BCUT2D eigenvalue weighted by molar-refractivity contribution is -0.138. The normalized spacial score (nSPS) is 14.0. The Morgan fingerprint density at radius 3 is 2.16 bits per heavy atom. The van der Waals surface area contributed by atoms with Crippen molar-refractivity contribution < 1.29 is 19.1 Å². The molecule has 2 amide bonds. The van der Waals surface area contributed by atoms with Crippen molar-refractivity contribution in [1.82, 2.24) is 14.8 Å². The number of rotatable bonds is 10. The van der Waals surface area contributed by atoms with Crippen LogP contribution in [0.5, 0.6) is 0 Å². The molecule has 0 fully saturated rings. The van der Waals surface area contributed by atoms with E-state index in [9.17, 15) is 9.59 Å². The zero-order chi connectivity index (χ0) is 22.4. The molecule has 3 rings (SSSR count). The smallest absolute Gasteiger partial charge is 0.278 e. The third-order valence-electron chi connectivity index (χ3n) is 5.33. The standard InChI is InChI=1S/C24H29N3O4/c1-17-5-6-20(18(2)15-17)21-22(26(11-13-30-3)12-14-31-4)24(29)27(23(21)28)16-19-7-9-25-10-8-19/h5-10,15H,11-14,16H2,1-4H3. The summed E-state index contributed by atoms with van der Waals surface area (Å²) in [5.74, 6) is -0.590. The molecule has 0 radical (unpaired) electrons. The van der Waals surface area contributed by atoms with Crippen LogP contribution in [0, 0.1) is 13.8 Å². The fourth-order valence-electron chi connectivity index (χ4n) is 3.75. The van der Waals surface area contributed by atoms with Crippen LogP contribution in [0.1, 0.15) is 22.3 Å². The summed E-state index contributed by atoms with van der Waals surface area (Å²) < 4.78 is 10.5. The number of aryl methyl sites for hydroxylation is 2. The van der Waals surface area contributed by atoms with Crippen LogP contribution in [-0.2, 0) is 25.6 Å². The predicted molar refractivity (Wildman–Crippen MR) is 118 cm³/mol. The van der Waals surface area contributed by atoms with Crippen molar-refractivity contribution >= 4 is 17.4 Å². The number of ether oxygens (including phenoxy) is 2. The number of carbonyl (C=O) groups is 2. The van der Waals surface area contributed by atoms with Gasteiger partial charge in [-0.2, -0.15) is 0 Å². The van der Waals surface area contributed by atoms with Gasteiger partial charge in [-0.05, 0) is 42.7 Å². The summed E-state index contributed by atoms with van der Waals surface area (Å²) >= 11 is 0. The molecule has 1 aliphatic heterocycles. The lowest BCUT2D eigenvalue weighted by atomic mass is 9.97. The average Bonchev–Trinajstić information content (AvgIpc) is 2.99. The van der Waals surface area contributed by atoms with Crippen LogP contribution >= 0.6 is 0 Å². The first-order valence-electron chi connectivity index (χ1n) is 10.3. The number of amides is 2. The van der Waals surface area contributed by atoms with E-state index in [1.54, 1.807) is 26.6 Å². The van der Waals surface area contributed by atoms with Crippen molar-refractivity contribution in [1.29, 1.82) is 0 Å². The maximum absolute atomic E-state index is 13.6. The fourth-order valence-corrected chi connectivity index (χ4v) is 3.75. The third kappa shape index (κ3) is 5.00. The molecule has 0 saturated carbocycles. The van der Waals surface area contributed by atoms with Gasteiger partial charge in [-0.3, -0.25) is 19.5 Å². The molecule has 2 heterocycles. The summed E-state index contributed by atoms with van der Waals surface area (Å²) in [6, 6.07) is 9.53. The van der Waals surface area contributed by atoms with Gasteiger partial charge in [0.05, 0.1) is 25.3 Å². The molecule has 31 heavy (non-hydrogen) atoms. The lowest BCUT2D eigenvalue weighted by Gasteiger charge is -2.26. The molecule has 0 saturated heterocycles. The number of aromatic nitrogens is 1. The molecular formula is C24H29N3O4. The summed E-state index contributed by atoms with van der Waals surface area (Å²) in [6.07, 6.45) is 3.31. The molecule has 0 unspecified atom stereocenters. The van der Waals surface area contributed by atoms with Crippen LogP contribution in [0.2, 0.25) is 0 Å². The van der Waals surface area contributed by atoms with E-state index in [0.29, 0.717) is 37.6 Å². The van der Waals surface area contributed by atoms with Crippen LogP contribution in [-0.4, -0.2) is 67.1 Å². The molecule has 0 atom stereocenters. The van der Waals surface area contributed by atoms with Crippen molar-refractivity contribution in [2.24, 2.45) is 0 Å².